The van der Waals surface area contributed by atoms with Gasteiger partial charge in [0.15, 0.2) is 0 Å². The lowest BCUT2D eigenvalue weighted by Gasteiger charge is -2.27. The standard InChI is InChI=1S/C18H33N5O5/c1-11(2)15(18(27)28)22-16(25)12(6-3-4-8-19)21-17(26)13-7-5-9-23(13)14(24)10-20/h11-13,15H,3-10,19-20H2,1-2H3,(H,21,26)(H,22,25)(H,27,28). The molecular weight excluding hydrogens is 366 g/mol. The number of likely N-dealkylation sites (tertiary alicyclic amines) is 1. The van der Waals surface area contributed by atoms with Crippen molar-refractivity contribution in [3.05, 3.63) is 0 Å². The predicted octanol–water partition coefficient (Wildman–Crippen LogP) is -1.22. The van der Waals surface area contributed by atoms with E-state index in [1.807, 2.05) is 0 Å². The lowest BCUT2D eigenvalue weighted by atomic mass is 10.0. The average molecular weight is 399 g/mol. The third kappa shape index (κ3) is 6.75. The number of amides is 3. The van der Waals surface area contributed by atoms with Crippen LogP contribution in [0.1, 0.15) is 46.0 Å². The number of nitrogens with two attached hydrogens (primary N) is 2. The molecule has 0 spiro atoms. The lowest BCUT2D eigenvalue weighted by molar-refractivity contribution is -0.144. The van der Waals surface area contributed by atoms with E-state index in [2.05, 4.69) is 10.6 Å². The average Bonchev–Trinajstić information content (AvgIpc) is 3.13. The number of rotatable bonds is 11. The summed E-state index contributed by atoms with van der Waals surface area (Å²) in [4.78, 5) is 50.1. The molecule has 10 nitrogen and oxygen atoms in total. The van der Waals surface area contributed by atoms with Crippen molar-refractivity contribution < 1.29 is 24.3 Å². The van der Waals surface area contributed by atoms with E-state index >= 15 is 0 Å². The van der Waals surface area contributed by atoms with Crippen molar-refractivity contribution in [2.24, 2.45) is 17.4 Å². The van der Waals surface area contributed by atoms with E-state index in [-0.39, 0.29) is 18.4 Å². The monoisotopic (exact) mass is 399 g/mol. The molecule has 1 saturated heterocycles. The first-order valence-electron chi connectivity index (χ1n) is 9.76. The number of carboxylic acid groups (broad SMARTS) is 1. The molecule has 0 aromatic rings. The molecule has 10 heteroatoms. The first kappa shape index (κ1) is 23.8. The van der Waals surface area contributed by atoms with Gasteiger partial charge in [-0.3, -0.25) is 14.4 Å². The smallest absolute Gasteiger partial charge is 0.326 e. The third-order valence-electron chi connectivity index (χ3n) is 4.86. The van der Waals surface area contributed by atoms with Gasteiger partial charge in [0.1, 0.15) is 18.1 Å². The van der Waals surface area contributed by atoms with Crippen molar-refractivity contribution in [1.29, 1.82) is 0 Å². The zero-order valence-electron chi connectivity index (χ0n) is 16.6. The molecular formula is C18H33N5O5. The molecule has 7 N–H and O–H groups in total. The Labute approximate surface area is 165 Å². The van der Waals surface area contributed by atoms with Gasteiger partial charge in [-0.15, -0.1) is 0 Å². The summed E-state index contributed by atoms with van der Waals surface area (Å²) in [5, 5.41) is 14.5. The molecule has 1 rings (SSSR count). The summed E-state index contributed by atoms with van der Waals surface area (Å²) in [6.07, 6.45) is 2.79. The molecule has 0 saturated carbocycles. The van der Waals surface area contributed by atoms with Gasteiger partial charge in [-0.2, -0.15) is 0 Å². The van der Waals surface area contributed by atoms with E-state index in [0.29, 0.717) is 45.2 Å². The Hall–Kier alpha value is -2.20. The molecule has 1 aliphatic heterocycles. The number of unbranched alkanes of at least 4 members (excludes halogenated alkanes) is 1. The predicted molar refractivity (Wildman–Crippen MR) is 103 cm³/mol. The van der Waals surface area contributed by atoms with Crippen LogP contribution < -0.4 is 22.1 Å². The zero-order chi connectivity index (χ0) is 21.3. The van der Waals surface area contributed by atoms with E-state index in [9.17, 15) is 24.3 Å². The van der Waals surface area contributed by atoms with Crippen LogP contribution in [0.3, 0.4) is 0 Å². The van der Waals surface area contributed by atoms with Gasteiger partial charge in [0.2, 0.25) is 17.7 Å². The summed E-state index contributed by atoms with van der Waals surface area (Å²) in [5.41, 5.74) is 10.9. The Balaban J connectivity index is 2.85. The zero-order valence-corrected chi connectivity index (χ0v) is 16.6. The number of aliphatic carboxylic acids is 1. The van der Waals surface area contributed by atoms with Crippen LogP contribution in [0.2, 0.25) is 0 Å². The fourth-order valence-electron chi connectivity index (χ4n) is 3.25. The van der Waals surface area contributed by atoms with Gasteiger partial charge >= 0.3 is 5.97 Å². The Morgan fingerprint density at radius 2 is 1.82 bits per heavy atom. The number of hydrogen-bond donors (Lipinski definition) is 5. The van der Waals surface area contributed by atoms with Crippen molar-refractivity contribution in [2.75, 3.05) is 19.6 Å². The summed E-state index contributed by atoms with van der Waals surface area (Å²) in [6.45, 7) is 4.10. The largest absolute Gasteiger partial charge is 0.480 e. The lowest BCUT2D eigenvalue weighted by Crippen LogP contribution is -2.56. The molecule has 3 atom stereocenters. The summed E-state index contributed by atoms with van der Waals surface area (Å²) >= 11 is 0. The van der Waals surface area contributed by atoms with Gasteiger partial charge in [0.25, 0.3) is 0 Å². The van der Waals surface area contributed by atoms with Crippen LogP contribution in [0, 0.1) is 5.92 Å². The fourth-order valence-corrected chi connectivity index (χ4v) is 3.25. The molecule has 160 valence electrons. The topological polar surface area (TPSA) is 168 Å². The van der Waals surface area contributed by atoms with Gasteiger partial charge in [-0.1, -0.05) is 13.8 Å². The summed E-state index contributed by atoms with van der Waals surface area (Å²) in [5.74, 6) is -2.74. The van der Waals surface area contributed by atoms with Crippen molar-refractivity contribution in [3.8, 4) is 0 Å². The normalized spacial score (nSPS) is 18.6. The minimum Gasteiger partial charge on any atom is -0.480 e. The van der Waals surface area contributed by atoms with Gasteiger partial charge in [0.05, 0.1) is 6.54 Å². The van der Waals surface area contributed by atoms with Crippen LogP contribution in [0.5, 0.6) is 0 Å². The molecule has 3 amide bonds. The first-order chi connectivity index (χ1) is 13.2. The molecule has 3 unspecified atom stereocenters. The number of nitrogens with one attached hydrogen (secondary N) is 2. The van der Waals surface area contributed by atoms with Gasteiger partial charge in [-0.05, 0) is 44.6 Å². The highest BCUT2D eigenvalue weighted by Gasteiger charge is 2.36. The maximum Gasteiger partial charge on any atom is 0.326 e. The maximum absolute atomic E-state index is 12.7. The van der Waals surface area contributed by atoms with Gasteiger partial charge in [-0.25, -0.2) is 4.79 Å². The second-order valence-corrected chi connectivity index (χ2v) is 7.36. The SMILES string of the molecule is CC(C)C(NC(=O)C(CCCCN)NC(=O)C1CCCN1C(=O)CN)C(=O)O. The Kier molecular flexibility index (Phi) is 9.88. The van der Waals surface area contributed by atoms with E-state index in [1.165, 1.54) is 4.90 Å². The van der Waals surface area contributed by atoms with Crippen molar-refractivity contribution in [1.82, 2.24) is 15.5 Å². The quantitative estimate of drug-likeness (QED) is 0.271. The Morgan fingerprint density at radius 3 is 2.36 bits per heavy atom. The van der Waals surface area contributed by atoms with Gasteiger partial charge < -0.3 is 32.1 Å². The highest BCUT2D eigenvalue weighted by Crippen LogP contribution is 2.18. The van der Waals surface area contributed by atoms with Crippen molar-refractivity contribution in [3.63, 3.8) is 0 Å². The second-order valence-electron chi connectivity index (χ2n) is 7.36. The highest BCUT2D eigenvalue weighted by molar-refractivity contribution is 5.93. The minimum atomic E-state index is -1.13. The molecule has 1 aliphatic rings. The van der Waals surface area contributed by atoms with Crippen LogP contribution in [0.15, 0.2) is 0 Å². The first-order valence-corrected chi connectivity index (χ1v) is 9.76. The van der Waals surface area contributed by atoms with E-state index in [4.69, 9.17) is 11.5 Å². The highest BCUT2D eigenvalue weighted by atomic mass is 16.4. The molecule has 0 bridgehead atoms. The van der Waals surface area contributed by atoms with Crippen LogP contribution in [-0.4, -0.2) is 71.5 Å². The number of carbonyl (C=O) groups is 4. The fraction of sp³-hybridized carbons (Fsp3) is 0.778. The number of carboxylic acids is 1. The second kappa shape index (κ2) is 11.6. The van der Waals surface area contributed by atoms with Crippen LogP contribution in [-0.2, 0) is 19.2 Å². The van der Waals surface area contributed by atoms with E-state index < -0.39 is 35.9 Å². The van der Waals surface area contributed by atoms with Crippen LogP contribution in [0.4, 0.5) is 0 Å². The molecule has 0 radical (unpaired) electrons. The van der Waals surface area contributed by atoms with Crippen molar-refractivity contribution >= 4 is 23.7 Å². The van der Waals surface area contributed by atoms with Crippen molar-refractivity contribution in [2.45, 2.75) is 64.1 Å². The summed E-state index contributed by atoms with van der Waals surface area (Å²) in [6, 6.07) is -2.61. The molecule has 0 aliphatic carbocycles. The summed E-state index contributed by atoms with van der Waals surface area (Å²) in [7, 11) is 0. The van der Waals surface area contributed by atoms with Gasteiger partial charge in [0, 0.05) is 6.54 Å². The number of nitrogens with zero attached hydrogens (tertiary/aromatic N) is 1. The molecule has 1 heterocycles. The maximum atomic E-state index is 12.7. The van der Waals surface area contributed by atoms with E-state index in [1.54, 1.807) is 13.8 Å². The van der Waals surface area contributed by atoms with Crippen LogP contribution >= 0.6 is 0 Å². The minimum absolute atomic E-state index is 0.182. The molecule has 0 aromatic carbocycles. The molecule has 1 fully saturated rings. The molecule has 0 aromatic heterocycles. The Bertz CT molecular complexity index is 569. The molecule has 28 heavy (non-hydrogen) atoms. The number of carbonyl (C=O) groups excluding carboxylic acids is 3. The van der Waals surface area contributed by atoms with E-state index in [0.717, 1.165) is 0 Å². The third-order valence-corrected chi connectivity index (χ3v) is 4.86. The van der Waals surface area contributed by atoms with Crippen LogP contribution in [0.25, 0.3) is 0 Å². The number of hydrogen-bond acceptors (Lipinski definition) is 6. The summed E-state index contributed by atoms with van der Waals surface area (Å²) < 4.78 is 0. The Morgan fingerprint density at radius 1 is 1.14 bits per heavy atom.